The highest BCUT2D eigenvalue weighted by molar-refractivity contribution is 5.51. The number of hydrogen-bond donors (Lipinski definition) is 1. The van der Waals surface area contributed by atoms with Crippen LogP contribution in [0.25, 0.3) is 0 Å². The topological polar surface area (TPSA) is 73.0 Å². The molecule has 0 amide bonds. The van der Waals surface area contributed by atoms with Crippen LogP contribution in [0.15, 0.2) is 6.33 Å². The molecule has 1 fully saturated rings. The van der Waals surface area contributed by atoms with Crippen molar-refractivity contribution >= 4 is 11.6 Å². The van der Waals surface area contributed by atoms with Crippen LogP contribution in [0.4, 0.5) is 11.6 Å². The molecule has 0 aliphatic heterocycles. The molecule has 1 aliphatic carbocycles. The third kappa shape index (κ3) is 2.63. The monoisotopic (exact) mass is 252 g/mol. The van der Waals surface area contributed by atoms with E-state index < -0.39 is 4.92 Å². The van der Waals surface area contributed by atoms with Gasteiger partial charge in [-0.15, -0.1) is 0 Å². The number of rotatable bonds is 4. The van der Waals surface area contributed by atoms with Gasteiger partial charge in [-0.1, -0.05) is 26.2 Å². The van der Waals surface area contributed by atoms with Crippen molar-refractivity contribution in [1.29, 1.82) is 0 Å². The lowest BCUT2D eigenvalue weighted by molar-refractivity contribution is -0.388. The summed E-state index contributed by atoms with van der Waals surface area (Å²) >= 11 is 0. The Balaban J connectivity index is 2.01. The number of nitrogens with zero attached hydrogens (tertiary/aromatic N) is 3. The van der Waals surface area contributed by atoms with E-state index in [9.17, 15) is 10.1 Å². The van der Waals surface area contributed by atoms with E-state index >= 15 is 0 Å². The Hall–Kier alpha value is -1.59. The first-order valence-electron chi connectivity index (χ1n) is 6.49. The van der Waals surface area contributed by atoms with E-state index in [1.807, 2.05) is 0 Å². The lowest BCUT2D eigenvalue weighted by atomic mass is 9.80. The van der Waals surface area contributed by atoms with Crippen molar-refractivity contribution in [2.24, 2.45) is 18.9 Å². The van der Waals surface area contributed by atoms with Gasteiger partial charge in [-0.05, 0) is 28.2 Å². The normalized spacial score (nSPS) is 23.9. The molecule has 1 heterocycles. The van der Waals surface area contributed by atoms with Gasteiger partial charge >= 0.3 is 5.82 Å². The Labute approximate surface area is 107 Å². The van der Waals surface area contributed by atoms with Gasteiger partial charge < -0.3 is 15.4 Å². The number of nitro groups is 1. The average molecular weight is 252 g/mol. The van der Waals surface area contributed by atoms with Crippen molar-refractivity contribution in [2.45, 2.75) is 32.6 Å². The minimum atomic E-state index is -0.438. The fraction of sp³-hybridized carbons (Fsp3) is 0.750. The maximum absolute atomic E-state index is 10.8. The van der Waals surface area contributed by atoms with Crippen LogP contribution < -0.4 is 5.32 Å². The van der Waals surface area contributed by atoms with Crippen LogP contribution in [0, 0.1) is 22.0 Å². The number of anilines is 1. The zero-order valence-electron chi connectivity index (χ0n) is 10.9. The largest absolute Gasteiger partial charge is 0.406 e. The Bertz CT molecular complexity index is 430. The second-order valence-corrected chi connectivity index (χ2v) is 5.19. The molecular formula is C12H20N4O2. The lowest BCUT2D eigenvalue weighted by Crippen LogP contribution is -2.25. The van der Waals surface area contributed by atoms with E-state index in [1.54, 1.807) is 11.6 Å². The van der Waals surface area contributed by atoms with E-state index in [-0.39, 0.29) is 5.82 Å². The molecule has 1 aliphatic rings. The first-order chi connectivity index (χ1) is 8.59. The summed E-state index contributed by atoms with van der Waals surface area (Å²) in [5.41, 5.74) is 0. The number of aromatic nitrogens is 2. The Morgan fingerprint density at radius 2 is 2.28 bits per heavy atom. The van der Waals surface area contributed by atoms with Gasteiger partial charge in [0.25, 0.3) is 0 Å². The molecule has 1 aromatic heterocycles. The standard InChI is InChI=1S/C12H20N4O2/c1-9-5-3-4-6-10(9)7-13-11-12(16(17)18)14-8-15(11)2/h8-10,13H,3-7H2,1-2H3. The smallest absolute Gasteiger partial charge is 0.364 e. The Kier molecular flexibility index (Phi) is 3.84. The van der Waals surface area contributed by atoms with Crippen molar-refractivity contribution in [2.75, 3.05) is 11.9 Å². The van der Waals surface area contributed by atoms with Crippen LogP contribution in [0.5, 0.6) is 0 Å². The van der Waals surface area contributed by atoms with Crippen LogP contribution in [0.3, 0.4) is 0 Å². The summed E-state index contributed by atoms with van der Waals surface area (Å²) in [7, 11) is 1.77. The summed E-state index contributed by atoms with van der Waals surface area (Å²) < 4.78 is 1.67. The van der Waals surface area contributed by atoms with Gasteiger partial charge in [0.1, 0.15) is 0 Å². The maximum Gasteiger partial charge on any atom is 0.406 e. The van der Waals surface area contributed by atoms with Gasteiger partial charge in [0.05, 0.1) is 0 Å². The summed E-state index contributed by atoms with van der Waals surface area (Å²) in [4.78, 5) is 14.2. The third-order valence-corrected chi connectivity index (χ3v) is 3.91. The van der Waals surface area contributed by atoms with E-state index in [1.165, 1.54) is 32.0 Å². The number of hydrogen-bond acceptors (Lipinski definition) is 4. The van der Waals surface area contributed by atoms with Crippen LogP contribution >= 0.6 is 0 Å². The van der Waals surface area contributed by atoms with Crippen LogP contribution in [0.2, 0.25) is 0 Å². The summed E-state index contributed by atoms with van der Waals surface area (Å²) in [5.74, 6) is 1.73. The molecule has 0 aromatic carbocycles. The minimum absolute atomic E-state index is 0.0824. The van der Waals surface area contributed by atoms with Crippen molar-refractivity contribution in [3.63, 3.8) is 0 Å². The first-order valence-corrected chi connectivity index (χ1v) is 6.49. The molecular weight excluding hydrogens is 232 g/mol. The fourth-order valence-corrected chi connectivity index (χ4v) is 2.68. The summed E-state index contributed by atoms with van der Waals surface area (Å²) in [6.45, 7) is 3.06. The maximum atomic E-state index is 10.8. The first kappa shape index (κ1) is 12.9. The molecule has 100 valence electrons. The van der Waals surface area contributed by atoms with Crippen LogP contribution in [-0.4, -0.2) is 21.0 Å². The van der Waals surface area contributed by atoms with E-state index in [0.717, 1.165) is 6.54 Å². The quantitative estimate of drug-likeness (QED) is 0.660. The summed E-state index contributed by atoms with van der Waals surface area (Å²) in [6.07, 6.45) is 6.53. The number of nitrogens with one attached hydrogen (secondary N) is 1. The number of aryl methyl sites for hydroxylation is 1. The van der Waals surface area contributed by atoms with Crippen molar-refractivity contribution < 1.29 is 4.92 Å². The molecule has 6 heteroatoms. The van der Waals surface area contributed by atoms with Gasteiger partial charge in [0.15, 0.2) is 0 Å². The highest BCUT2D eigenvalue weighted by Gasteiger charge is 2.24. The van der Waals surface area contributed by atoms with E-state index in [0.29, 0.717) is 17.7 Å². The van der Waals surface area contributed by atoms with Gasteiger partial charge in [0.2, 0.25) is 12.1 Å². The average Bonchev–Trinajstić information content (AvgIpc) is 2.70. The predicted octanol–water partition coefficient (Wildman–Crippen LogP) is 2.57. The summed E-state index contributed by atoms with van der Waals surface area (Å²) in [5, 5.41) is 14.0. The molecule has 1 N–H and O–H groups in total. The van der Waals surface area contributed by atoms with Crippen molar-refractivity contribution in [3.8, 4) is 0 Å². The summed E-state index contributed by atoms with van der Waals surface area (Å²) in [6, 6.07) is 0. The molecule has 6 nitrogen and oxygen atoms in total. The zero-order chi connectivity index (χ0) is 13.1. The van der Waals surface area contributed by atoms with Crippen molar-refractivity contribution in [3.05, 3.63) is 16.4 Å². The molecule has 2 rings (SSSR count). The number of imidazole rings is 1. The van der Waals surface area contributed by atoms with Gasteiger partial charge in [0, 0.05) is 13.6 Å². The van der Waals surface area contributed by atoms with Crippen LogP contribution in [0.1, 0.15) is 32.6 Å². The van der Waals surface area contributed by atoms with Crippen molar-refractivity contribution in [1.82, 2.24) is 9.55 Å². The Morgan fingerprint density at radius 3 is 2.94 bits per heavy atom. The minimum Gasteiger partial charge on any atom is -0.364 e. The molecule has 1 saturated carbocycles. The molecule has 2 unspecified atom stereocenters. The molecule has 0 radical (unpaired) electrons. The molecule has 0 bridgehead atoms. The van der Waals surface area contributed by atoms with E-state index in [2.05, 4.69) is 17.2 Å². The second kappa shape index (κ2) is 5.37. The SMILES string of the molecule is CC1CCCCC1CNc1c([N+](=O)[O-])ncn1C. The molecule has 0 saturated heterocycles. The lowest BCUT2D eigenvalue weighted by Gasteiger charge is -2.28. The molecule has 0 spiro atoms. The molecule has 18 heavy (non-hydrogen) atoms. The van der Waals surface area contributed by atoms with Gasteiger partial charge in [-0.25, -0.2) is 0 Å². The Morgan fingerprint density at radius 1 is 1.56 bits per heavy atom. The highest BCUT2D eigenvalue weighted by atomic mass is 16.6. The van der Waals surface area contributed by atoms with Gasteiger partial charge in [-0.2, -0.15) is 0 Å². The highest BCUT2D eigenvalue weighted by Crippen LogP contribution is 2.30. The van der Waals surface area contributed by atoms with Crippen LogP contribution in [-0.2, 0) is 7.05 Å². The molecule has 2 atom stereocenters. The van der Waals surface area contributed by atoms with E-state index in [4.69, 9.17) is 0 Å². The second-order valence-electron chi connectivity index (χ2n) is 5.19. The predicted molar refractivity (Wildman–Crippen MR) is 69.5 cm³/mol. The third-order valence-electron chi connectivity index (χ3n) is 3.91. The zero-order valence-corrected chi connectivity index (χ0v) is 10.9. The fourth-order valence-electron chi connectivity index (χ4n) is 2.68. The molecule has 1 aromatic rings. The van der Waals surface area contributed by atoms with Gasteiger partial charge in [-0.3, -0.25) is 4.57 Å².